The number of hydrogen-bond donors (Lipinski definition) is 5. The second-order valence-corrected chi connectivity index (χ2v) is 13.7. The van der Waals surface area contributed by atoms with Crippen LogP contribution >= 0.6 is 0 Å². The lowest BCUT2D eigenvalue weighted by atomic mass is 9.91. The Bertz CT molecular complexity index is 2310. The summed E-state index contributed by atoms with van der Waals surface area (Å²) in [5, 5.41) is 48.4. The Balaban J connectivity index is 0.000000694. The number of pyridine rings is 1. The number of fused-ring (bicyclic) bond motifs is 1. The number of anilines is 2. The van der Waals surface area contributed by atoms with Crippen molar-refractivity contribution < 1.29 is 42.8 Å². The first-order chi connectivity index (χ1) is 28.4. The Morgan fingerprint density at radius 3 is 2.29 bits per heavy atom. The number of hydrogen-bond acceptors (Lipinski definition) is 14. The van der Waals surface area contributed by atoms with E-state index in [9.17, 15) is 28.2 Å². The van der Waals surface area contributed by atoms with E-state index < -0.39 is 36.7 Å². The van der Waals surface area contributed by atoms with Gasteiger partial charge in [0, 0.05) is 44.0 Å². The monoisotopic (exact) mass is 816 g/mol. The van der Waals surface area contributed by atoms with Gasteiger partial charge in [-0.3, -0.25) is 14.3 Å². The number of aryl methyl sites for hydroxylation is 1. The molecule has 6 aromatic rings. The van der Waals surface area contributed by atoms with Crippen molar-refractivity contribution in [3.8, 4) is 0 Å². The molecule has 1 amide bonds. The Morgan fingerprint density at radius 1 is 0.983 bits per heavy atom. The van der Waals surface area contributed by atoms with Gasteiger partial charge in [-0.1, -0.05) is 60.7 Å². The molecule has 0 aliphatic carbocycles. The quantitative estimate of drug-likeness (QED) is 0.127. The van der Waals surface area contributed by atoms with Gasteiger partial charge in [-0.25, -0.2) is 9.78 Å². The average Bonchev–Trinajstić information content (AvgIpc) is 4.06. The van der Waals surface area contributed by atoms with Gasteiger partial charge in [0.15, 0.2) is 29.3 Å². The minimum Gasteiger partial charge on any atom is -0.475 e. The molecule has 6 heterocycles. The van der Waals surface area contributed by atoms with Gasteiger partial charge in [0.25, 0.3) is 5.91 Å². The SMILES string of the molecule is CCn1nnc([C@H]2O[C@@H](n3cnc4c(NCC(c5ccccc5)c5ccccc5)nc(N5CC[C@@H](NC(=O)c6cccnc6)C5)nc43)[C@H](O)[C@@H]2O)n1.O=C(O)C(F)(F)F. The summed E-state index contributed by atoms with van der Waals surface area (Å²) in [6.45, 7) is 3.93. The molecule has 2 aliphatic heterocycles. The lowest BCUT2D eigenvalue weighted by Gasteiger charge is -2.22. The summed E-state index contributed by atoms with van der Waals surface area (Å²) in [5.41, 5.74) is 3.63. The maximum atomic E-state index is 12.9. The molecule has 0 bridgehead atoms. The molecule has 0 saturated carbocycles. The third-order valence-electron chi connectivity index (χ3n) is 9.78. The second-order valence-electron chi connectivity index (χ2n) is 13.7. The summed E-state index contributed by atoms with van der Waals surface area (Å²) in [5.74, 6) is -1.87. The summed E-state index contributed by atoms with van der Waals surface area (Å²) in [6.07, 6.45) is -4.44. The molecule has 2 aromatic carbocycles. The molecule has 0 spiro atoms. The van der Waals surface area contributed by atoms with E-state index in [-0.39, 0.29) is 23.7 Å². The van der Waals surface area contributed by atoms with Gasteiger partial charge in [0.05, 0.1) is 18.4 Å². The minimum atomic E-state index is -5.08. The van der Waals surface area contributed by atoms with E-state index >= 15 is 0 Å². The largest absolute Gasteiger partial charge is 0.490 e. The van der Waals surface area contributed by atoms with E-state index in [1.807, 2.05) is 48.2 Å². The number of amides is 1. The van der Waals surface area contributed by atoms with E-state index in [0.29, 0.717) is 61.1 Å². The third-order valence-corrected chi connectivity index (χ3v) is 9.78. The number of nitrogens with one attached hydrogen (secondary N) is 2. The molecule has 2 saturated heterocycles. The van der Waals surface area contributed by atoms with E-state index in [4.69, 9.17) is 29.6 Å². The van der Waals surface area contributed by atoms with Crippen LogP contribution in [0.25, 0.3) is 11.2 Å². The van der Waals surface area contributed by atoms with Gasteiger partial charge < -0.3 is 35.6 Å². The molecule has 59 heavy (non-hydrogen) atoms. The first kappa shape index (κ1) is 40.6. The van der Waals surface area contributed by atoms with Crippen LogP contribution in [0, 0.1) is 0 Å². The predicted octanol–water partition coefficient (Wildman–Crippen LogP) is 3.11. The summed E-state index contributed by atoms with van der Waals surface area (Å²) in [6, 6.07) is 23.8. The average molecular weight is 817 g/mol. The van der Waals surface area contributed by atoms with Crippen molar-refractivity contribution in [2.45, 2.75) is 62.6 Å². The van der Waals surface area contributed by atoms with Crippen molar-refractivity contribution in [2.75, 3.05) is 29.9 Å². The third kappa shape index (κ3) is 9.11. The Hall–Kier alpha value is -6.58. The summed E-state index contributed by atoms with van der Waals surface area (Å²) in [7, 11) is 0. The predicted molar refractivity (Wildman–Crippen MR) is 203 cm³/mol. The van der Waals surface area contributed by atoms with E-state index in [2.05, 4.69) is 55.3 Å². The normalized spacial score (nSPS) is 20.4. The Kier molecular flexibility index (Phi) is 12.0. The molecular formula is C38H39F3N12O6. The molecule has 5 N–H and O–H groups in total. The highest BCUT2D eigenvalue weighted by Gasteiger charge is 2.47. The van der Waals surface area contributed by atoms with Crippen molar-refractivity contribution in [3.63, 3.8) is 0 Å². The molecule has 18 nitrogen and oxygen atoms in total. The number of aliphatic carboxylic acids is 1. The highest BCUT2D eigenvalue weighted by molar-refractivity contribution is 5.94. The number of carboxylic acid groups (broad SMARTS) is 1. The van der Waals surface area contributed by atoms with Gasteiger partial charge in [-0.05, 0) is 41.8 Å². The van der Waals surface area contributed by atoms with Gasteiger partial charge in [0.1, 0.15) is 12.2 Å². The first-order valence-electron chi connectivity index (χ1n) is 18.5. The number of imidazole rings is 1. The second kappa shape index (κ2) is 17.5. The molecule has 4 aromatic heterocycles. The van der Waals surface area contributed by atoms with Crippen LogP contribution in [0.2, 0.25) is 0 Å². The molecule has 8 rings (SSSR count). The number of benzene rings is 2. The van der Waals surface area contributed by atoms with E-state index in [1.165, 1.54) is 11.1 Å². The van der Waals surface area contributed by atoms with Gasteiger partial charge >= 0.3 is 12.1 Å². The number of tetrazole rings is 1. The Labute approximate surface area is 333 Å². The summed E-state index contributed by atoms with van der Waals surface area (Å²) < 4.78 is 39.5. The fraction of sp³-hybridized carbons (Fsp3) is 0.342. The maximum absolute atomic E-state index is 12.9. The van der Waals surface area contributed by atoms with Crippen LogP contribution in [0.4, 0.5) is 24.9 Å². The number of carbonyl (C=O) groups excluding carboxylic acids is 1. The lowest BCUT2D eigenvalue weighted by Crippen LogP contribution is -2.37. The molecule has 5 atom stereocenters. The zero-order valence-electron chi connectivity index (χ0n) is 31.3. The number of carbonyl (C=O) groups is 2. The molecule has 0 unspecified atom stereocenters. The molecule has 2 aliphatic rings. The fourth-order valence-corrected chi connectivity index (χ4v) is 6.79. The maximum Gasteiger partial charge on any atom is 0.490 e. The number of aliphatic hydroxyl groups is 2. The Morgan fingerprint density at radius 2 is 1.68 bits per heavy atom. The van der Waals surface area contributed by atoms with Gasteiger partial charge in [-0.15, -0.1) is 10.2 Å². The van der Waals surface area contributed by atoms with Crippen molar-refractivity contribution in [1.29, 1.82) is 0 Å². The standard InChI is InChI=1S/C36H38N12O4.C2HF3O2/c1-2-48-44-32(43-45-48)30-28(49)29(50)35(52-30)47-21-39-27-31(38-19-26(22-10-5-3-6-11-22)23-12-7-4-8-13-23)41-36(42-33(27)47)46-17-15-25(20-46)40-34(51)24-14-9-16-37-18-24;3-2(4,5)1(6)7/h3-14,16,18,21,25-26,28-30,35,49-50H,2,15,17,19-20H2,1H3,(H,40,51)(H,38,41,42);(H,6,7)/t25-,28+,29-,30+,35-;/m1./s1. The molecule has 0 radical (unpaired) electrons. The van der Waals surface area contributed by atoms with Gasteiger partial charge in [-0.2, -0.15) is 27.9 Å². The zero-order valence-corrected chi connectivity index (χ0v) is 31.3. The van der Waals surface area contributed by atoms with E-state index in [1.54, 1.807) is 29.1 Å². The van der Waals surface area contributed by atoms with Crippen LogP contribution in [-0.4, -0.2) is 116 Å². The zero-order chi connectivity index (χ0) is 41.7. The highest BCUT2D eigenvalue weighted by Crippen LogP contribution is 2.39. The van der Waals surface area contributed by atoms with E-state index in [0.717, 1.165) is 11.1 Å². The van der Waals surface area contributed by atoms with Gasteiger partial charge in [0.2, 0.25) is 11.8 Å². The number of carboxylic acids is 1. The van der Waals surface area contributed by atoms with Crippen LogP contribution in [0.5, 0.6) is 0 Å². The number of ether oxygens (including phenoxy) is 1. The lowest BCUT2D eigenvalue weighted by molar-refractivity contribution is -0.192. The molecule has 308 valence electrons. The fourth-order valence-electron chi connectivity index (χ4n) is 6.79. The molecule has 2 fully saturated rings. The van der Waals surface area contributed by atoms with Crippen LogP contribution in [0.15, 0.2) is 91.5 Å². The summed E-state index contributed by atoms with van der Waals surface area (Å²) >= 11 is 0. The first-order valence-corrected chi connectivity index (χ1v) is 18.5. The van der Waals surface area contributed by atoms with Crippen molar-refractivity contribution in [3.05, 3.63) is 114 Å². The van der Waals surface area contributed by atoms with Crippen LogP contribution < -0.4 is 15.5 Å². The summed E-state index contributed by atoms with van der Waals surface area (Å²) in [4.78, 5) is 43.9. The molecule has 21 heteroatoms. The number of aromatic nitrogens is 9. The molecular weight excluding hydrogens is 777 g/mol. The smallest absolute Gasteiger partial charge is 0.475 e. The number of halogens is 3. The van der Waals surface area contributed by atoms with Crippen LogP contribution in [0.1, 0.15) is 58.9 Å². The highest BCUT2D eigenvalue weighted by atomic mass is 19.4. The minimum absolute atomic E-state index is 0.00302. The van der Waals surface area contributed by atoms with Crippen molar-refractivity contribution >= 4 is 34.8 Å². The van der Waals surface area contributed by atoms with Crippen LogP contribution in [0.3, 0.4) is 0 Å². The number of nitrogens with zero attached hydrogens (tertiary/aromatic N) is 10. The van der Waals surface area contributed by atoms with Crippen molar-refractivity contribution in [1.82, 2.24) is 50.0 Å². The number of alkyl halides is 3. The topological polar surface area (TPSA) is 231 Å². The number of aliphatic hydroxyl groups excluding tert-OH is 2. The number of rotatable bonds is 11. The van der Waals surface area contributed by atoms with Crippen molar-refractivity contribution in [2.24, 2.45) is 0 Å². The van der Waals surface area contributed by atoms with Crippen LogP contribution in [-0.2, 0) is 16.1 Å².